The zero-order chi connectivity index (χ0) is 32.1. The average molecular weight is 644 g/mol. The normalized spacial score (nSPS) is 27.3. The zero-order valence-corrected chi connectivity index (χ0v) is 28.0. The maximum absolute atomic E-state index is 12.9. The van der Waals surface area contributed by atoms with E-state index < -0.39 is 11.5 Å². The number of hydrogen-bond acceptors (Lipinski definition) is 6. The number of anilines is 2. The first kappa shape index (κ1) is 31.2. The van der Waals surface area contributed by atoms with Crippen LogP contribution in [-0.2, 0) is 23.1 Å². The number of carbonyl (C=O) groups is 1. The molecule has 1 saturated carbocycles. The van der Waals surface area contributed by atoms with Crippen LogP contribution in [0.1, 0.15) is 87.1 Å². The van der Waals surface area contributed by atoms with E-state index in [2.05, 4.69) is 48.2 Å². The number of aryl methyl sites for hydroxylation is 1. The molecule has 0 saturated heterocycles. The first-order chi connectivity index (χ1) is 22.2. The Morgan fingerprint density at radius 3 is 2.83 bits per heavy atom. The lowest BCUT2D eigenvalue weighted by Gasteiger charge is -2.47. The lowest BCUT2D eigenvalue weighted by molar-refractivity contribution is -0.144. The molecule has 0 amide bonds. The van der Waals surface area contributed by atoms with Crippen molar-refractivity contribution in [1.29, 1.82) is 0 Å². The molecule has 7 nitrogen and oxygen atoms in total. The Morgan fingerprint density at radius 2 is 2.04 bits per heavy atom. The van der Waals surface area contributed by atoms with Gasteiger partial charge in [-0.1, -0.05) is 31.5 Å². The third-order valence-corrected chi connectivity index (χ3v) is 11.7. The molecule has 2 aromatic carbocycles. The van der Waals surface area contributed by atoms with Crippen molar-refractivity contribution in [1.82, 2.24) is 4.98 Å². The molecular formula is C38H46ClN3O4. The molecule has 2 heterocycles. The molecule has 7 rings (SSSR count). The number of carboxylic acid groups (broad SMARTS) is 1. The van der Waals surface area contributed by atoms with Gasteiger partial charge in [0.05, 0.1) is 18.8 Å². The summed E-state index contributed by atoms with van der Waals surface area (Å²) in [6, 6.07) is 14.1. The Labute approximate surface area is 277 Å². The Hall–Kier alpha value is -3.45. The maximum atomic E-state index is 12.9. The van der Waals surface area contributed by atoms with Crippen LogP contribution in [0.2, 0.25) is 5.02 Å². The van der Waals surface area contributed by atoms with E-state index in [0.29, 0.717) is 48.8 Å². The van der Waals surface area contributed by atoms with Crippen LogP contribution in [0.3, 0.4) is 0 Å². The number of carboxylic acids is 1. The number of likely N-dealkylation sites (N-methyl/N-ethyl adjacent to an activating group) is 1. The summed E-state index contributed by atoms with van der Waals surface area (Å²) in [5, 5.41) is 14.6. The molecule has 8 heteroatoms. The first-order valence-electron chi connectivity index (χ1n) is 17.1. The van der Waals surface area contributed by atoms with Crippen molar-refractivity contribution in [3.63, 3.8) is 0 Å². The van der Waals surface area contributed by atoms with Crippen LogP contribution in [0.5, 0.6) is 11.5 Å². The minimum absolute atomic E-state index is 0.101. The number of nitrogens with one attached hydrogen (secondary N) is 1. The fraction of sp³-hybridized carbons (Fsp3) is 0.526. The van der Waals surface area contributed by atoms with Gasteiger partial charge in [-0.2, -0.15) is 0 Å². The lowest BCUT2D eigenvalue weighted by Crippen LogP contribution is -2.53. The van der Waals surface area contributed by atoms with E-state index in [1.54, 1.807) is 0 Å². The van der Waals surface area contributed by atoms with Gasteiger partial charge in [0.1, 0.15) is 23.6 Å². The third kappa shape index (κ3) is 5.59. The van der Waals surface area contributed by atoms with Gasteiger partial charge in [-0.25, -0.2) is 4.79 Å². The van der Waals surface area contributed by atoms with Crippen LogP contribution in [0.25, 0.3) is 0 Å². The molecule has 3 atom stereocenters. The number of rotatable bonds is 8. The molecule has 1 aromatic heterocycles. The van der Waals surface area contributed by atoms with Crippen LogP contribution in [0, 0.1) is 11.8 Å². The number of benzene rings is 2. The van der Waals surface area contributed by atoms with Gasteiger partial charge in [0.2, 0.25) is 0 Å². The number of fused-ring (bicyclic) bond motifs is 4. The van der Waals surface area contributed by atoms with Crippen LogP contribution in [-0.4, -0.2) is 48.4 Å². The van der Waals surface area contributed by atoms with E-state index in [1.807, 2.05) is 36.5 Å². The predicted octanol–water partition coefficient (Wildman–Crippen LogP) is 8.03. The largest absolute Gasteiger partial charge is 0.493 e. The molecule has 1 spiro atoms. The second-order valence-corrected chi connectivity index (χ2v) is 14.9. The van der Waals surface area contributed by atoms with Gasteiger partial charge in [-0.3, -0.25) is 4.98 Å². The highest BCUT2D eigenvalue weighted by atomic mass is 35.5. The molecule has 3 aromatic rings. The Bertz CT molecular complexity index is 1620. The van der Waals surface area contributed by atoms with Gasteiger partial charge in [0, 0.05) is 35.2 Å². The molecule has 0 radical (unpaired) electrons. The molecular weight excluding hydrogens is 598 g/mol. The van der Waals surface area contributed by atoms with Gasteiger partial charge >= 0.3 is 5.97 Å². The molecule has 1 fully saturated rings. The number of hydrogen-bond donors (Lipinski definition) is 2. The molecule has 1 unspecified atom stereocenters. The molecule has 2 N–H and O–H groups in total. The standard InChI is InChI=1S/C38H46ClN3O4/c1-24(23-46-33-10-15-40-31-9-4-6-25(2)35(31)33)18-27-19-26-20-34-32(42(3)16-17-45-34)22-30(26)37(27)11-13-38(14-12-37,36(43)44)41-29-8-5-7-28(39)21-29/h5,7-8,10,15,20-22,24-25,27,41H,4,6,9,11-14,16-19,23H2,1-3H3,(H,43,44)/t24-,25-,27?,37?,38?/m1/s1. The van der Waals surface area contributed by atoms with Crippen molar-refractivity contribution in [2.45, 2.75) is 88.5 Å². The van der Waals surface area contributed by atoms with Crippen LogP contribution >= 0.6 is 11.6 Å². The monoisotopic (exact) mass is 643 g/mol. The number of ether oxygens (including phenoxy) is 2. The molecule has 3 aliphatic carbocycles. The SMILES string of the molecule is C[C@@H](COc1ccnc2c1[C@H](C)CCC2)CC1Cc2cc3c(cc2C12CCC(Nc1cccc(Cl)c1)(C(=O)O)CC2)N(C)CCO3. The summed E-state index contributed by atoms with van der Waals surface area (Å²) in [7, 11) is 2.14. The van der Waals surface area contributed by atoms with E-state index in [9.17, 15) is 9.90 Å². The van der Waals surface area contributed by atoms with Crippen LogP contribution in [0.15, 0.2) is 48.7 Å². The minimum atomic E-state index is -1.04. The number of pyridine rings is 1. The number of aromatic nitrogens is 1. The minimum Gasteiger partial charge on any atom is -0.493 e. The van der Waals surface area contributed by atoms with E-state index in [0.717, 1.165) is 61.5 Å². The molecule has 1 aliphatic heterocycles. The Balaban J connectivity index is 1.15. The Morgan fingerprint density at radius 1 is 1.22 bits per heavy atom. The average Bonchev–Trinajstić information content (AvgIpc) is 3.31. The summed E-state index contributed by atoms with van der Waals surface area (Å²) in [4.78, 5) is 19.9. The summed E-state index contributed by atoms with van der Waals surface area (Å²) >= 11 is 6.27. The van der Waals surface area contributed by atoms with E-state index in [1.165, 1.54) is 35.2 Å². The van der Waals surface area contributed by atoms with Crippen LogP contribution in [0.4, 0.5) is 11.4 Å². The fourth-order valence-corrected chi connectivity index (χ4v) is 9.14. The number of nitrogens with zero attached hydrogens (tertiary/aromatic N) is 2. The molecule has 244 valence electrons. The molecule has 4 aliphatic rings. The highest BCUT2D eigenvalue weighted by Crippen LogP contribution is 2.58. The summed E-state index contributed by atoms with van der Waals surface area (Å²) in [6.45, 7) is 6.81. The summed E-state index contributed by atoms with van der Waals surface area (Å²) < 4.78 is 12.7. The van der Waals surface area contributed by atoms with Gasteiger partial charge in [-0.05, 0) is 128 Å². The van der Waals surface area contributed by atoms with Crippen molar-refractivity contribution >= 4 is 28.9 Å². The zero-order valence-electron chi connectivity index (χ0n) is 27.3. The predicted molar refractivity (Wildman–Crippen MR) is 183 cm³/mol. The maximum Gasteiger partial charge on any atom is 0.329 e. The van der Waals surface area contributed by atoms with Crippen molar-refractivity contribution < 1.29 is 19.4 Å². The highest BCUT2D eigenvalue weighted by molar-refractivity contribution is 6.30. The van der Waals surface area contributed by atoms with Crippen molar-refractivity contribution in [2.24, 2.45) is 11.8 Å². The quantitative estimate of drug-likeness (QED) is 0.257. The summed E-state index contributed by atoms with van der Waals surface area (Å²) in [6.07, 6.45) is 9.97. The van der Waals surface area contributed by atoms with E-state index >= 15 is 0 Å². The topological polar surface area (TPSA) is 83.9 Å². The van der Waals surface area contributed by atoms with Gasteiger partial charge in [-0.15, -0.1) is 0 Å². The molecule has 0 bridgehead atoms. The van der Waals surface area contributed by atoms with Gasteiger partial charge in [0.15, 0.2) is 0 Å². The lowest BCUT2D eigenvalue weighted by atomic mass is 9.59. The van der Waals surface area contributed by atoms with Crippen molar-refractivity contribution in [3.8, 4) is 11.5 Å². The second-order valence-electron chi connectivity index (χ2n) is 14.4. The van der Waals surface area contributed by atoms with E-state index in [-0.39, 0.29) is 5.41 Å². The number of halogens is 1. The van der Waals surface area contributed by atoms with Gasteiger partial charge in [0.25, 0.3) is 0 Å². The van der Waals surface area contributed by atoms with Crippen molar-refractivity contribution in [3.05, 3.63) is 76.1 Å². The second kappa shape index (κ2) is 12.3. The fourth-order valence-electron chi connectivity index (χ4n) is 8.95. The summed E-state index contributed by atoms with van der Waals surface area (Å²) in [5.74, 6) is 2.36. The summed E-state index contributed by atoms with van der Waals surface area (Å²) in [5.41, 5.74) is 5.99. The third-order valence-electron chi connectivity index (χ3n) is 11.5. The first-order valence-corrected chi connectivity index (χ1v) is 17.4. The Kier molecular flexibility index (Phi) is 8.33. The van der Waals surface area contributed by atoms with Gasteiger partial charge < -0.3 is 24.8 Å². The highest BCUT2D eigenvalue weighted by Gasteiger charge is 2.54. The van der Waals surface area contributed by atoms with Crippen LogP contribution < -0.4 is 19.7 Å². The molecule has 46 heavy (non-hydrogen) atoms. The van der Waals surface area contributed by atoms with Crippen molar-refractivity contribution in [2.75, 3.05) is 37.0 Å². The van der Waals surface area contributed by atoms with E-state index in [4.69, 9.17) is 21.1 Å². The smallest absolute Gasteiger partial charge is 0.329 e. The number of aliphatic carboxylic acids is 1.